The van der Waals surface area contributed by atoms with Crippen LogP contribution in [0.1, 0.15) is 25.7 Å². The van der Waals surface area contributed by atoms with E-state index in [2.05, 4.69) is 25.7 Å². The largest absolute Gasteiger partial charge is 0.496 e. The number of hydrogen-bond donors (Lipinski definition) is 1. The molecule has 0 fully saturated rings. The summed E-state index contributed by atoms with van der Waals surface area (Å²) < 4.78 is 12.8. The zero-order valence-corrected chi connectivity index (χ0v) is 19.7. The Balaban J connectivity index is 1.60. The van der Waals surface area contributed by atoms with E-state index in [1.165, 1.54) is 11.8 Å². The Morgan fingerprint density at radius 2 is 1.88 bits per heavy atom. The van der Waals surface area contributed by atoms with Crippen molar-refractivity contribution in [3.05, 3.63) is 59.4 Å². The molecule has 33 heavy (non-hydrogen) atoms. The lowest BCUT2D eigenvalue weighted by Gasteiger charge is -2.12. The SMILES string of the molecule is COc1ccccc1-c1nnc(SCC(=O)Nc2nnc(C(C)C)o2)n1-c1ccc(Cl)cc1. The molecule has 11 heteroatoms. The maximum Gasteiger partial charge on any atom is 0.322 e. The molecule has 9 nitrogen and oxygen atoms in total. The highest BCUT2D eigenvalue weighted by Crippen LogP contribution is 2.33. The van der Waals surface area contributed by atoms with Crippen LogP contribution in [0.5, 0.6) is 5.75 Å². The normalized spacial score (nSPS) is 11.1. The molecule has 0 saturated carbocycles. The number of methoxy groups -OCH3 is 1. The number of hydrogen-bond acceptors (Lipinski definition) is 8. The molecular formula is C22H21ClN6O3S. The van der Waals surface area contributed by atoms with E-state index in [0.717, 1.165) is 11.3 Å². The second kappa shape index (κ2) is 10.1. The van der Waals surface area contributed by atoms with Crippen molar-refractivity contribution in [1.29, 1.82) is 0 Å². The molecule has 0 atom stereocenters. The van der Waals surface area contributed by atoms with Crippen LogP contribution < -0.4 is 10.1 Å². The summed E-state index contributed by atoms with van der Waals surface area (Å²) in [6.45, 7) is 3.86. The maximum atomic E-state index is 12.5. The zero-order valence-electron chi connectivity index (χ0n) is 18.2. The third-order valence-electron chi connectivity index (χ3n) is 4.58. The predicted molar refractivity (Wildman–Crippen MR) is 126 cm³/mol. The first-order valence-corrected chi connectivity index (χ1v) is 11.4. The highest BCUT2D eigenvalue weighted by Gasteiger charge is 2.20. The summed E-state index contributed by atoms with van der Waals surface area (Å²) in [6, 6.07) is 14.9. The third-order valence-corrected chi connectivity index (χ3v) is 5.76. The summed E-state index contributed by atoms with van der Waals surface area (Å²) in [4.78, 5) is 12.5. The third kappa shape index (κ3) is 5.18. The molecule has 0 saturated heterocycles. The molecule has 4 aromatic rings. The van der Waals surface area contributed by atoms with Crippen LogP contribution in [0.25, 0.3) is 17.1 Å². The summed E-state index contributed by atoms with van der Waals surface area (Å²) >= 11 is 7.31. The topological polar surface area (TPSA) is 108 Å². The van der Waals surface area contributed by atoms with Crippen LogP contribution in [0.2, 0.25) is 5.02 Å². The van der Waals surface area contributed by atoms with Gasteiger partial charge in [-0.05, 0) is 36.4 Å². The minimum Gasteiger partial charge on any atom is -0.496 e. The second-order valence-electron chi connectivity index (χ2n) is 7.26. The minimum atomic E-state index is -0.302. The van der Waals surface area contributed by atoms with Crippen LogP contribution in [-0.4, -0.2) is 43.7 Å². The molecule has 170 valence electrons. The molecule has 2 aromatic carbocycles. The van der Waals surface area contributed by atoms with Crippen LogP contribution in [-0.2, 0) is 4.79 Å². The minimum absolute atomic E-state index is 0.0665. The van der Waals surface area contributed by atoms with Gasteiger partial charge >= 0.3 is 6.01 Å². The number of carbonyl (C=O) groups excluding carboxylic acids is 1. The summed E-state index contributed by atoms with van der Waals surface area (Å²) in [7, 11) is 1.60. The van der Waals surface area contributed by atoms with E-state index in [4.69, 9.17) is 20.8 Å². The van der Waals surface area contributed by atoms with Gasteiger partial charge in [-0.3, -0.25) is 14.7 Å². The number of carbonyl (C=O) groups is 1. The maximum absolute atomic E-state index is 12.5. The lowest BCUT2D eigenvalue weighted by atomic mass is 10.2. The fourth-order valence-corrected chi connectivity index (χ4v) is 3.87. The van der Waals surface area contributed by atoms with Crippen molar-refractivity contribution >= 4 is 35.3 Å². The molecule has 2 heterocycles. The van der Waals surface area contributed by atoms with Gasteiger partial charge < -0.3 is 9.15 Å². The molecule has 0 aliphatic rings. The van der Waals surface area contributed by atoms with Crippen LogP contribution in [0.4, 0.5) is 6.01 Å². The molecule has 0 unspecified atom stereocenters. The van der Waals surface area contributed by atoms with Crippen molar-refractivity contribution < 1.29 is 13.9 Å². The Kier molecular flexibility index (Phi) is 6.95. The standard InChI is InChI=1S/C22H21ClN6O3S/c1-13(2)20-26-27-21(32-20)24-18(30)12-33-22-28-25-19(16-6-4-5-7-17(16)31-3)29(22)15-10-8-14(23)9-11-15/h4-11,13H,12H2,1-3H3,(H,24,27,30). The molecule has 1 N–H and O–H groups in total. The Bertz CT molecular complexity index is 1260. The van der Waals surface area contributed by atoms with Crippen molar-refractivity contribution in [1.82, 2.24) is 25.0 Å². The van der Waals surface area contributed by atoms with Crippen molar-refractivity contribution in [2.45, 2.75) is 24.9 Å². The molecule has 0 aliphatic carbocycles. The molecule has 0 radical (unpaired) electrons. The molecule has 0 bridgehead atoms. The fourth-order valence-electron chi connectivity index (χ4n) is 2.99. The van der Waals surface area contributed by atoms with Crippen LogP contribution >= 0.6 is 23.4 Å². The number of ether oxygens (including phenoxy) is 1. The molecule has 1 amide bonds. The van der Waals surface area contributed by atoms with Crippen molar-refractivity contribution in [2.75, 3.05) is 18.2 Å². The number of thioether (sulfide) groups is 1. The average molecular weight is 485 g/mol. The van der Waals surface area contributed by atoms with E-state index in [0.29, 0.717) is 27.6 Å². The number of nitrogens with one attached hydrogen (secondary N) is 1. The van der Waals surface area contributed by atoms with Gasteiger partial charge in [-0.25, -0.2) is 0 Å². The number of halogens is 1. The monoisotopic (exact) mass is 484 g/mol. The molecular weight excluding hydrogens is 464 g/mol. The molecule has 0 aliphatic heterocycles. The van der Waals surface area contributed by atoms with Crippen molar-refractivity contribution in [3.8, 4) is 22.8 Å². The van der Waals surface area contributed by atoms with Gasteiger partial charge in [0.15, 0.2) is 11.0 Å². The Hall–Kier alpha value is -3.37. The summed E-state index contributed by atoms with van der Waals surface area (Å²) in [5, 5.41) is 20.2. The Labute approximate surface area is 199 Å². The van der Waals surface area contributed by atoms with Crippen LogP contribution in [0, 0.1) is 0 Å². The summed E-state index contributed by atoms with van der Waals surface area (Å²) in [6.07, 6.45) is 0. The highest BCUT2D eigenvalue weighted by molar-refractivity contribution is 7.99. The van der Waals surface area contributed by atoms with Crippen molar-refractivity contribution in [2.24, 2.45) is 0 Å². The van der Waals surface area contributed by atoms with Crippen LogP contribution in [0.15, 0.2) is 58.1 Å². The quantitative estimate of drug-likeness (QED) is 0.354. The first-order chi connectivity index (χ1) is 16.0. The van der Waals surface area contributed by atoms with Gasteiger partial charge in [-0.15, -0.1) is 15.3 Å². The van der Waals surface area contributed by atoms with E-state index in [1.807, 2.05) is 54.8 Å². The Morgan fingerprint density at radius 1 is 1.12 bits per heavy atom. The van der Waals surface area contributed by atoms with E-state index < -0.39 is 0 Å². The lowest BCUT2D eigenvalue weighted by Crippen LogP contribution is -2.15. The van der Waals surface area contributed by atoms with Gasteiger partial charge in [-0.1, -0.05) is 54.4 Å². The molecule has 2 aromatic heterocycles. The number of benzene rings is 2. The Morgan fingerprint density at radius 3 is 2.58 bits per heavy atom. The van der Waals surface area contributed by atoms with Gasteiger partial charge in [0.1, 0.15) is 5.75 Å². The van der Waals surface area contributed by atoms with Gasteiger partial charge in [0.05, 0.1) is 18.4 Å². The number of rotatable bonds is 8. The van der Waals surface area contributed by atoms with E-state index in [1.54, 1.807) is 19.2 Å². The van der Waals surface area contributed by atoms with Gasteiger partial charge in [-0.2, -0.15) is 0 Å². The average Bonchev–Trinajstić information content (AvgIpc) is 3.45. The second-order valence-corrected chi connectivity index (χ2v) is 8.63. The number of anilines is 1. The van der Waals surface area contributed by atoms with E-state index >= 15 is 0 Å². The van der Waals surface area contributed by atoms with Crippen LogP contribution in [0.3, 0.4) is 0 Å². The number of nitrogens with zero attached hydrogens (tertiary/aromatic N) is 5. The summed E-state index contributed by atoms with van der Waals surface area (Å²) in [5.74, 6) is 1.54. The smallest absolute Gasteiger partial charge is 0.322 e. The lowest BCUT2D eigenvalue weighted by molar-refractivity contribution is -0.113. The van der Waals surface area contributed by atoms with Gasteiger partial charge in [0.2, 0.25) is 11.8 Å². The molecule has 0 spiro atoms. The van der Waals surface area contributed by atoms with Crippen molar-refractivity contribution in [3.63, 3.8) is 0 Å². The zero-order chi connectivity index (χ0) is 23.4. The highest BCUT2D eigenvalue weighted by atomic mass is 35.5. The molecule has 4 rings (SSSR count). The summed E-state index contributed by atoms with van der Waals surface area (Å²) in [5.41, 5.74) is 1.57. The number of aromatic nitrogens is 5. The number of para-hydroxylation sites is 1. The predicted octanol–water partition coefficient (Wildman–Crippen LogP) is 4.83. The van der Waals surface area contributed by atoms with Gasteiger partial charge in [0.25, 0.3) is 0 Å². The van der Waals surface area contributed by atoms with Gasteiger partial charge in [0, 0.05) is 16.6 Å². The number of amides is 1. The first-order valence-electron chi connectivity index (χ1n) is 10.1. The van der Waals surface area contributed by atoms with E-state index in [-0.39, 0.29) is 23.6 Å². The fraction of sp³-hybridized carbons (Fsp3) is 0.227. The van der Waals surface area contributed by atoms with E-state index in [9.17, 15) is 4.79 Å². The first kappa shape index (κ1) is 22.8.